The molecule has 0 saturated carbocycles. The Bertz CT molecular complexity index is 467. The van der Waals surface area contributed by atoms with Gasteiger partial charge in [-0.3, -0.25) is 4.79 Å². The van der Waals surface area contributed by atoms with Crippen LogP contribution in [0.25, 0.3) is 6.08 Å². The number of hydrogen-bond donors (Lipinski definition) is 1. The Morgan fingerprint density at radius 2 is 2.16 bits per heavy atom. The van der Waals surface area contributed by atoms with Crippen LogP contribution in [0.4, 0.5) is 0 Å². The zero-order chi connectivity index (χ0) is 13.7. The Hall–Kier alpha value is -1.87. The van der Waals surface area contributed by atoms with Gasteiger partial charge in [0.05, 0.1) is 12.1 Å². The van der Waals surface area contributed by atoms with E-state index in [1.165, 1.54) is 0 Å². The van der Waals surface area contributed by atoms with Gasteiger partial charge in [0.25, 0.3) is 0 Å². The molecule has 1 saturated heterocycles. The zero-order valence-electron chi connectivity index (χ0n) is 10.9. The van der Waals surface area contributed by atoms with Gasteiger partial charge in [-0.15, -0.1) is 6.58 Å². The van der Waals surface area contributed by atoms with E-state index in [2.05, 4.69) is 6.58 Å². The Labute approximate surface area is 113 Å². The minimum atomic E-state index is -0.633. The molecule has 0 unspecified atom stereocenters. The summed E-state index contributed by atoms with van der Waals surface area (Å²) in [6, 6.07) is 9.68. The molecule has 0 bridgehead atoms. The van der Waals surface area contributed by atoms with Crippen LogP contribution in [-0.4, -0.2) is 34.6 Å². The van der Waals surface area contributed by atoms with Gasteiger partial charge in [-0.2, -0.15) is 0 Å². The van der Waals surface area contributed by atoms with Gasteiger partial charge in [-0.1, -0.05) is 48.6 Å². The van der Waals surface area contributed by atoms with Crippen molar-refractivity contribution in [1.29, 1.82) is 0 Å². The number of carbonyl (C=O) groups excluding carboxylic acids is 1. The molecule has 0 aromatic heterocycles. The molecule has 2 rings (SSSR count). The number of likely N-dealkylation sites (tertiary alicyclic amines) is 1. The summed E-state index contributed by atoms with van der Waals surface area (Å²) in [6.45, 7) is 4.15. The van der Waals surface area contributed by atoms with Crippen LogP contribution in [0.3, 0.4) is 0 Å². The van der Waals surface area contributed by atoms with E-state index in [-0.39, 0.29) is 11.9 Å². The molecule has 0 spiro atoms. The van der Waals surface area contributed by atoms with Crippen molar-refractivity contribution < 1.29 is 9.90 Å². The van der Waals surface area contributed by atoms with Crippen molar-refractivity contribution in [1.82, 2.24) is 4.90 Å². The van der Waals surface area contributed by atoms with E-state index in [1.54, 1.807) is 17.1 Å². The molecule has 1 aliphatic rings. The molecule has 0 aliphatic carbocycles. The first-order chi connectivity index (χ1) is 9.22. The lowest BCUT2D eigenvalue weighted by molar-refractivity contribution is -0.129. The van der Waals surface area contributed by atoms with Crippen molar-refractivity contribution in [2.45, 2.75) is 25.0 Å². The van der Waals surface area contributed by atoms with Crippen molar-refractivity contribution in [3.05, 3.63) is 54.6 Å². The third kappa shape index (κ3) is 3.32. The number of hydrogen-bond acceptors (Lipinski definition) is 2. The lowest BCUT2D eigenvalue weighted by atomic mass is 10.1. The summed E-state index contributed by atoms with van der Waals surface area (Å²) in [5.74, 6) is 0.0945. The molecule has 1 amide bonds. The van der Waals surface area contributed by atoms with Crippen LogP contribution in [0.15, 0.2) is 49.1 Å². The minimum Gasteiger partial charge on any atom is -0.387 e. The normalized spacial score (nSPS) is 21.0. The second kappa shape index (κ2) is 6.34. The van der Waals surface area contributed by atoms with Crippen molar-refractivity contribution in [2.75, 3.05) is 6.54 Å². The third-order valence-corrected chi connectivity index (χ3v) is 3.38. The van der Waals surface area contributed by atoms with Crippen molar-refractivity contribution in [3.63, 3.8) is 0 Å². The van der Waals surface area contributed by atoms with E-state index in [9.17, 15) is 9.90 Å². The quantitative estimate of drug-likeness (QED) is 0.822. The highest BCUT2D eigenvalue weighted by Crippen LogP contribution is 2.22. The molecule has 1 heterocycles. The van der Waals surface area contributed by atoms with E-state index < -0.39 is 6.10 Å². The predicted molar refractivity (Wildman–Crippen MR) is 76.4 cm³/mol. The van der Waals surface area contributed by atoms with Gasteiger partial charge in [-0.25, -0.2) is 0 Å². The van der Waals surface area contributed by atoms with Gasteiger partial charge >= 0.3 is 0 Å². The molecule has 1 aliphatic heterocycles. The topological polar surface area (TPSA) is 40.5 Å². The van der Waals surface area contributed by atoms with Crippen LogP contribution in [0.5, 0.6) is 0 Å². The summed E-state index contributed by atoms with van der Waals surface area (Å²) in [6.07, 6.45) is 5.92. The lowest BCUT2D eigenvalue weighted by Crippen LogP contribution is -2.40. The molecule has 2 atom stereocenters. The van der Waals surface area contributed by atoms with Crippen molar-refractivity contribution >= 4 is 12.0 Å². The van der Waals surface area contributed by atoms with Gasteiger partial charge in [0.1, 0.15) is 0 Å². The molecule has 0 radical (unpaired) electrons. The Balaban J connectivity index is 2.03. The predicted octanol–water partition coefficient (Wildman–Crippen LogP) is 2.24. The van der Waals surface area contributed by atoms with Gasteiger partial charge in [-0.05, 0) is 12.0 Å². The molecule has 100 valence electrons. The lowest BCUT2D eigenvalue weighted by Gasteiger charge is -2.26. The molecule has 19 heavy (non-hydrogen) atoms. The fraction of sp³-hybridized carbons (Fsp3) is 0.312. The van der Waals surface area contributed by atoms with Crippen LogP contribution < -0.4 is 0 Å². The second-order valence-electron chi connectivity index (χ2n) is 4.70. The average Bonchev–Trinajstić information content (AvgIpc) is 2.80. The smallest absolute Gasteiger partial charge is 0.223 e. The van der Waals surface area contributed by atoms with Crippen LogP contribution in [0.2, 0.25) is 0 Å². The monoisotopic (exact) mass is 257 g/mol. The summed E-state index contributed by atoms with van der Waals surface area (Å²) in [5.41, 5.74) is 1.04. The van der Waals surface area contributed by atoms with Crippen molar-refractivity contribution in [2.24, 2.45) is 0 Å². The van der Waals surface area contributed by atoms with Crippen LogP contribution in [0.1, 0.15) is 18.4 Å². The SMILES string of the molecule is C=CCN1C(=O)CC[C@@H]1[C@H](O)/C=C/c1ccccc1. The number of carbonyl (C=O) groups is 1. The van der Waals surface area contributed by atoms with Crippen LogP contribution >= 0.6 is 0 Å². The fourth-order valence-electron chi connectivity index (χ4n) is 2.39. The Morgan fingerprint density at radius 3 is 2.84 bits per heavy atom. The van der Waals surface area contributed by atoms with Gasteiger partial charge in [0, 0.05) is 13.0 Å². The van der Waals surface area contributed by atoms with Crippen LogP contribution in [0, 0.1) is 0 Å². The van der Waals surface area contributed by atoms with Gasteiger partial charge in [0.2, 0.25) is 5.91 Å². The summed E-state index contributed by atoms with van der Waals surface area (Å²) in [7, 11) is 0. The first-order valence-corrected chi connectivity index (χ1v) is 6.54. The average molecular weight is 257 g/mol. The standard InChI is InChI=1S/C16H19NO2/c1-2-12-17-14(9-11-16(17)19)15(18)10-8-13-6-4-3-5-7-13/h2-8,10,14-15,18H,1,9,11-12H2/b10-8+/t14-,15-/m1/s1. The largest absolute Gasteiger partial charge is 0.387 e. The zero-order valence-corrected chi connectivity index (χ0v) is 10.9. The minimum absolute atomic E-state index is 0.0945. The number of nitrogens with zero attached hydrogens (tertiary/aromatic N) is 1. The highest BCUT2D eigenvalue weighted by Gasteiger charge is 2.33. The van der Waals surface area contributed by atoms with Crippen LogP contribution in [-0.2, 0) is 4.79 Å². The molecule has 3 heteroatoms. The van der Waals surface area contributed by atoms with Gasteiger partial charge < -0.3 is 10.0 Å². The molecule has 1 aromatic carbocycles. The van der Waals surface area contributed by atoms with E-state index in [0.29, 0.717) is 19.4 Å². The van der Waals surface area contributed by atoms with E-state index >= 15 is 0 Å². The summed E-state index contributed by atoms with van der Waals surface area (Å²) >= 11 is 0. The molecule has 1 N–H and O–H groups in total. The number of aliphatic hydroxyl groups excluding tert-OH is 1. The van der Waals surface area contributed by atoms with E-state index in [0.717, 1.165) is 5.56 Å². The molecule has 3 nitrogen and oxygen atoms in total. The molecular formula is C16H19NO2. The van der Waals surface area contributed by atoms with Crippen molar-refractivity contribution in [3.8, 4) is 0 Å². The molecular weight excluding hydrogens is 238 g/mol. The number of aliphatic hydroxyl groups is 1. The molecule has 1 fully saturated rings. The maximum atomic E-state index is 11.7. The van der Waals surface area contributed by atoms with E-state index in [4.69, 9.17) is 0 Å². The third-order valence-electron chi connectivity index (χ3n) is 3.38. The summed E-state index contributed by atoms with van der Waals surface area (Å²) < 4.78 is 0. The fourth-order valence-corrected chi connectivity index (χ4v) is 2.39. The second-order valence-corrected chi connectivity index (χ2v) is 4.70. The number of rotatable bonds is 5. The Kier molecular flexibility index (Phi) is 4.53. The first-order valence-electron chi connectivity index (χ1n) is 6.54. The maximum absolute atomic E-state index is 11.7. The molecule has 1 aromatic rings. The number of amides is 1. The highest BCUT2D eigenvalue weighted by molar-refractivity contribution is 5.79. The number of benzene rings is 1. The maximum Gasteiger partial charge on any atom is 0.223 e. The van der Waals surface area contributed by atoms with E-state index in [1.807, 2.05) is 36.4 Å². The highest BCUT2D eigenvalue weighted by atomic mass is 16.3. The first kappa shape index (κ1) is 13.6. The summed E-state index contributed by atoms with van der Waals surface area (Å²) in [5, 5.41) is 10.2. The summed E-state index contributed by atoms with van der Waals surface area (Å²) in [4.78, 5) is 13.4. The Morgan fingerprint density at radius 1 is 1.42 bits per heavy atom. The van der Waals surface area contributed by atoms with Gasteiger partial charge in [0.15, 0.2) is 0 Å².